The maximum atomic E-state index is 9.55. The topological polar surface area (TPSA) is 298 Å². The summed E-state index contributed by atoms with van der Waals surface area (Å²) in [4.78, 5) is 76.4. The average Bonchev–Trinajstić information content (AvgIpc) is 2.70. The van der Waals surface area contributed by atoms with Crippen LogP contribution in [0, 0.1) is 0 Å². The minimum absolute atomic E-state index is 0.558. The molecule has 0 aromatic heterocycles. The molecule has 0 aliphatic carbocycles. The highest BCUT2D eigenvalue weighted by Crippen LogP contribution is 1.72. The zero-order chi connectivity index (χ0) is 29.0. The minimum Gasteiger partial charge on any atom is -0.478 e. The van der Waals surface area contributed by atoms with E-state index in [0.29, 0.717) is 48.6 Å². The fraction of sp³-hybridized carbons (Fsp3) is 0.0526. The number of rotatable bonds is 8. The van der Waals surface area contributed by atoms with E-state index in [1.807, 2.05) is 6.92 Å². The SMILES string of the molecule is C=CC.O=C(O)/C=C/C(=O)O.O=C(O)/C=C/C(=O)O.O=C(O)/C=C/C(=O)O.O=C(O)/C=C/C(=O)O. The van der Waals surface area contributed by atoms with Crippen molar-refractivity contribution < 1.29 is 79.2 Å². The van der Waals surface area contributed by atoms with Crippen LogP contribution in [0.4, 0.5) is 0 Å². The molecule has 0 radical (unpaired) electrons. The molecule has 0 aliphatic rings. The van der Waals surface area contributed by atoms with Crippen LogP contribution in [0.3, 0.4) is 0 Å². The summed E-state index contributed by atoms with van der Waals surface area (Å²) in [6.45, 7) is 5.25. The van der Waals surface area contributed by atoms with Crippen molar-refractivity contribution in [2.24, 2.45) is 0 Å². The second kappa shape index (κ2) is 28.5. The van der Waals surface area contributed by atoms with Gasteiger partial charge in [-0.1, -0.05) is 6.08 Å². The first-order valence-electron chi connectivity index (χ1n) is 8.05. The van der Waals surface area contributed by atoms with Gasteiger partial charge in [-0.2, -0.15) is 0 Å². The molecular weight excluding hydrogens is 484 g/mol. The van der Waals surface area contributed by atoms with E-state index in [1.165, 1.54) is 0 Å². The Morgan fingerprint density at radius 3 is 0.457 bits per heavy atom. The van der Waals surface area contributed by atoms with Crippen LogP contribution in [0.25, 0.3) is 0 Å². The summed E-state index contributed by atoms with van der Waals surface area (Å²) in [7, 11) is 0. The molecule has 0 spiro atoms. The van der Waals surface area contributed by atoms with Gasteiger partial charge < -0.3 is 40.9 Å². The Morgan fingerprint density at radius 2 is 0.429 bits per heavy atom. The molecule has 0 unspecified atom stereocenters. The van der Waals surface area contributed by atoms with Gasteiger partial charge in [-0.25, -0.2) is 38.4 Å². The molecule has 0 amide bonds. The Balaban J connectivity index is -0.000000110. The summed E-state index contributed by atoms with van der Waals surface area (Å²) in [6, 6.07) is 0. The van der Waals surface area contributed by atoms with E-state index in [2.05, 4.69) is 6.58 Å². The third-order valence-corrected chi connectivity index (χ3v) is 1.47. The predicted molar refractivity (Wildman–Crippen MR) is 114 cm³/mol. The molecule has 35 heavy (non-hydrogen) atoms. The number of hydrogen-bond acceptors (Lipinski definition) is 8. The number of carboxylic acid groups (broad SMARTS) is 8. The first-order chi connectivity index (χ1) is 15.9. The molecule has 16 nitrogen and oxygen atoms in total. The van der Waals surface area contributed by atoms with Crippen LogP contribution in [0.5, 0.6) is 0 Å². The van der Waals surface area contributed by atoms with Crippen LogP contribution in [0.2, 0.25) is 0 Å². The normalized spacial score (nSPS) is 9.06. The first kappa shape index (κ1) is 39.9. The molecule has 0 aromatic carbocycles. The van der Waals surface area contributed by atoms with E-state index >= 15 is 0 Å². The van der Waals surface area contributed by atoms with E-state index in [4.69, 9.17) is 40.9 Å². The molecule has 0 saturated carbocycles. The maximum Gasteiger partial charge on any atom is 0.328 e. The minimum atomic E-state index is -1.26. The highest BCUT2D eigenvalue weighted by molar-refractivity contribution is 5.91. The van der Waals surface area contributed by atoms with Crippen molar-refractivity contribution in [3.8, 4) is 0 Å². The predicted octanol–water partition coefficient (Wildman–Crippen LogP) is 0.0395. The number of carboxylic acids is 8. The smallest absolute Gasteiger partial charge is 0.328 e. The standard InChI is InChI=1S/4C4H4O4.C3H6/c4*5-3(6)1-2-4(7)8;1-3-2/h4*1-2H,(H,5,6)(H,7,8);3H,1H2,2H3/b4*2-1+;. The van der Waals surface area contributed by atoms with E-state index in [-0.39, 0.29) is 0 Å². The Bertz CT molecular complexity index is 658. The lowest BCUT2D eigenvalue weighted by atomic mass is 10.5. The van der Waals surface area contributed by atoms with Gasteiger partial charge in [0.2, 0.25) is 0 Å². The van der Waals surface area contributed by atoms with E-state index in [1.54, 1.807) is 6.08 Å². The van der Waals surface area contributed by atoms with Gasteiger partial charge in [-0.05, 0) is 6.92 Å². The lowest BCUT2D eigenvalue weighted by molar-refractivity contribution is -0.134. The van der Waals surface area contributed by atoms with Crippen LogP contribution in [-0.2, 0) is 38.4 Å². The van der Waals surface area contributed by atoms with Gasteiger partial charge in [0, 0.05) is 48.6 Å². The largest absolute Gasteiger partial charge is 0.478 e. The lowest BCUT2D eigenvalue weighted by Crippen LogP contribution is -1.91. The second-order valence-electron chi connectivity index (χ2n) is 4.45. The summed E-state index contributed by atoms with van der Waals surface area (Å²) >= 11 is 0. The van der Waals surface area contributed by atoms with E-state index in [9.17, 15) is 38.4 Å². The summed E-state index contributed by atoms with van der Waals surface area (Å²) in [6.07, 6.45) is 6.21. The fourth-order valence-electron chi connectivity index (χ4n) is 0.570. The summed E-state index contributed by atoms with van der Waals surface area (Å²) < 4.78 is 0. The quantitative estimate of drug-likeness (QED) is 0.159. The number of hydrogen-bond donors (Lipinski definition) is 8. The Labute approximate surface area is 196 Å². The molecular formula is C19H22O16. The molecule has 0 aliphatic heterocycles. The number of allylic oxidation sites excluding steroid dienone is 1. The van der Waals surface area contributed by atoms with Gasteiger partial charge in [0.1, 0.15) is 0 Å². The van der Waals surface area contributed by atoms with E-state index < -0.39 is 47.8 Å². The maximum absolute atomic E-state index is 9.55. The number of aliphatic carboxylic acids is 8. The second-order valence-corrected chi connectivity index (χ2v) is 4.45. The van der Waals surface area contributed by atoms with Crippen molar-refractivity contribution >= 4 is 47.8 Å². The molecule has 0 rings (SSSR count). The van der Waals surface area contributed by atoms with Crippen LogP contribution in [0.1, 0.15) is 6.92 Å². The average molecular weight is 506 g/mol. The van der Waals surface area contributed by atoms with Gasteiger partial charge in [-0.15, -0.1) is 6.58 Å². The first-order valence-corrected chi connectivity index (χ1v) is 8.05. The van der Waals surface area contributed by atoms with Crippen LogP contribution in [0.15, 0.2) is 61.3 Å². The Hall–Kier alpha value is -5.54. The summed E-state index contributed by atoms with van der Waals surface area (Å²) in [5.74, 6) is -10.1. The molecule has 0 atom stereocenters. The summed E-state index contributed by atoms with van der Waals surface area (Å²) in [5.41, 5.74) is 0. The summed E-state index contributed by atoms with van der Waals surface area (Å²) in [5, 5.41) is 62.5. The zero-order valence-corrected chi connectivity index (χ0v) is 17.7. The van der Waals surface area contributed by atoms with Crippen molar-refractivity contribution in [2.75, 3.05) is 0 Å². The molecule has 0 bridgehead atoms. The van der Waals surface area contributed by atoms with Crippen molar-refractivity contribution in [1.29, 1.82) is 0 Å². The highest BCUT2D eigenvalue weighted by Gasteiger charge is 1.90. The molecule has 16 heteroatoms. The fourth-order valence-corrected chi connectivity index (χ4v) is 0.570. The molecule has 0 aromatic rings. The molecule has 8 N–H and O–H groups in total. The zero-order valence-electron chi connectivity index (χ0n) is 17.7. The lowest BCUT2D eigenvalue weighted by Gasteiger charge is -1.74. The van der Waals surface area contributed by atoms with Gasteiger partial charge >= 0.3 is 47.8 Å². The van der Waals surface area contributed by atoms with Crippen LogP contribution in [-0.4, -0.2) is 88.6 Å². The van der Waals surface area contributed by atoms with Gasteiger partial charge in [0.15, 0.2) is 0 Å². The van der Waals surface area contributed by atoms with Crippen molar-refractivity contribution in [2.45, 2.75) is 6.92 Å². The van der Waals surface area contributed by atoms with Gasteiger partial charge in [-0.3, -0.25) is 0 Å². The van der Waals surface area contributed by atoms with Gasteiger partial charge in [0.25, 0.3) is 0 Å². The number of carbonyl (C=O) groups is 8. The molecule has 194 valence electrons. The monoisotopic (exact) mass is 506 g/mol. The van der Waals surface area contributed by atoms with Crippen molar-refractivity contribution in [1.82, 2.24) is 0 Å². The van der Waals surface area contributed by atoms with Gasteiger partial charge in [0.05, 0.1) is 0 Å². The molecule has 0 saturated heterocycles. The Morgan fingerprint density at radius 1 is 0.371 bits per heavy atom. The Kier molecular flexibility index (Phi) is 32.4. The molecule has 0 fully saturated rings. The van der Waals surface area contributed by atoms with Crippen LogP contribution >= 0.6 is 0 Å². The van der Waals surface area contributed by atoms with Crippen molar-refractivity contribution in [3.05, 3.63) is 61.3 Å². The van der Waals surface area contributed by atoms with Crippen molar-refractivity contribution in [3.63, 3.8) is 0 Å². The highest BCUT2D eigenvalue weighted by atomic mass is 16.4. The third kappa shape index (κ3) is 95.3. The van der Waals surface area contributed by atoms with Crippen LogP contribution < -0.4 is 0 Å². The van der Waals surface area contributed by atoms with E-state index in [0.717, 1.165) is 0 Å². The molecule has 0 heterocycles. The third-order valence-electron chi connectivity index (χ3n) is 1.47.